The van der Waals surface area contributed by atoms with Gasteiger partial charge < -0.3 is 5.32 Å². The minimum atomic E-state index is -3.63. The minimum absolute atomic E-state index is 0.0153. The molecule has 2 rings (SSSR count). The molecule has 0 atom stereocenters. The number of nitrogens with zero attached hydrogens (tertiary/aromatic N) is 1. The van der Waals surface area contributed by atoms with Crippen molar-refractivity contribution in [2.75, 3.05) is 12.4 Å². The zero-order valence-corrected chi connectivity index (χ0v) is 13.4. The summed E-state index contributed by atoms with van der Waals surface area (Å²) in [5.74, 6) is -0.439. The van der Waals surface area contributed by atoms with Gasteiger partial charge in [-0.25, -0.2) is 13.1 Å². The average molecular weight is 329 g/mol. The number of carbonyl (C=O) groups is 1. The molecule has 0 saturated carbocycles. The lowest BCUT2D eigenvalue weighted by atomic mass is 10.1. The number of aryl methyl sites for hydroxylation is 1. The van der Waals surface area contributed by atoms with Crippen molar-refractivity contribution in [1.29, 1.82) is 5.26 Å². The predicted molar refractivity (Wildman–Crippen MR) is 86.5 cm³/mol. The van der Waals surface area contributed by atoms with E-state index in [1.165, 1.54) is 19.2 Å². The summed E-state index contributed by atoms with van der Waals surface area (Å²) in [5.41, 5.74) is 1.79. The van der Waals surface area contributed by atoms with Gasteiger partial charge in [0.1, 0.15) is 0 Å². The van der Waals surface area contributed by atoms with Crippen LogP contribution in [0.25, 0.3) is 0 Å². The summed E-state index contributed by atoms with van der Waals surface area (Å²) < 4.78 is 25.9. The highest BCUT2D eigenvalue weighted by atomic mass is 32.2. The van der Waals surface area contributed by atoms with E-state index in [9.17, 15) is 13.2 Å². The van der Waals surface area contributed by atoms with E-state index in [0.717, 1.165) is 0 Å². The van der Waals surface area contributed by atoms with Crippen molar-refractivity contribution in [3.63, 3.8) is 0 Å². The molecule has 2 aromatic rings. The van der Waals surface area contributed by atoms with Crippen LogP contribution in [-0.2, 0) is 10.0 Å². The molecule has 0 heterocycles. The van der Waals surface area contributed by atoms with Crippen LogP contribution in [0.4, 0.5) is 5.69 Å². The van der Waals surface area contributed by atoms with Gasteiger partial charge in [-0.3, -0.25) is 4.79 Å². The first kappa shape index (κ1) is 16.7. The van der Waals surface area contributed by atoms with Crippen LogP contribution in [0, 0.1) is 18.3 Å². The van der Waals surface area contributed by atoms with Crippen molar-refractivity contribution in [3.8, 4) is 6.07 Å². The Balaban J connectivity index is 2.36. The maximum Gasteiger partial charge on any atom is 0.255 e. The summed E-state index contributed by atoms with van der Waals surface area (Å²) in [6.45, 7) is 1.72. The fourth-order valence-corrected chi connectivity index (χ4v) is 2.75. The van der Waals surface area contributed by atoms with Gasteiger partial charge >= 0.3 is 0 Å². The molecule has 0 fully saturated rings. The van der Waals surface area contributed by atoms with E-state index in [1.54, 1.807) is 37.3 Å². The largest absolute Gasteiger partial charge is 0.322 e. The lowest BCUT2D eigenvalue weighted by Gasteiger charge is -2.10. The van der Waals surface area contributed by atoms with Gasteiger partial charge in [-0.1, -0.05) is 12.1 Å². The molecule has 1 amide bonds. The topological polar surface area (TPSA) is 99.1 Å². The highest BCUT2D eigenvalue weighted by Gasteiger charge is 2.16. The second-order valence-electron chi connectivity index (χ2n) is 4.83. The summed E-state index contributed by atoms with van der Waals surface area (Å²) in [6.07, 6.45) is 0. The molecule has 0 unspecified atom stereocenters. The van der Waals surface area contributed by atoms with Crippen molar-refractivity contribution >= 4 is 21.6 Å². The Hall–Kier alpha value is -2.69. The smallest absolute Gasteiger partial charge is 0.255 e. The van der Waals surface area contributed by atoms with E-state index in [4.69, 9.17) is 5.26 Å². The van der Waals surface area contributed by atoms with Crippen molar-refractivity contribution < 1.29 is 13.2 Å². The summed E-state index contributed by atoms with van der Waals surface area (Å²) in [5, 5.41) is 11.5. The van der Waals surface area contributed by atoms with Gasteiger partial charge in [0.25, 0.3) is 5.91 Å². The first-order valence-corrected chi connectivity index (χ1v) is 8.21. The molecule has 118 valence electrons. The Morgan fingerprint density at radius 2 is 1.91 bits per heavy atom. The van der Waals surface area contributed by atoms with E-state index in [2.05, 4.69) is 10.0 Å². The lowest BCUT2D eigenvalue weighted by molar-refractivity contribution is 0.102. The summed E-state index contributed by atoms with van der Waals surface area (Å²) in [4.78, 5) is 12.4. The zero-order valence-electron chi connectivity index (χ0n) is 12.6. The number of nitrogens with one attached hydrogen (secondary N) is 2. The number of hydrogen-bond donors (Lipinski definition) is 2. The molecule has 0 aliphatic rings. The van der Waals surface area contributed by atoms with Crippen molar-refractivity contribution in [1.82, 2.24) is 4.72 Å². The molecule has 2 aromatic carbocycles. The Morgan fingerprint density at radius 3 is 2.57 bits per heavy atom. The molecule has 0 bridgehead atoms. The van der Waals surface area contributed by atoms with Crippen molar-refractivity contribution in [2.45, 2.75) is 11.8 Å². The first-order chi connectivity index (χ1) is 10.9. The van der Waals surface area contributed by atoms with E-state index in [-0.39, 0.29) is 10.5 Å². The van der Waals surface area contributed by atoms with Crippen LogP contribution < -0.4 is 10.0 Å². The van der Waals surface area contributed by atoms with Crippen LogP contribution >= 0.6 is 0 Å². The number of benzene rings is 2. The standard InChI is InChI=1S/C16H15N3O3S/c1-11-6-7-14(23(21,22)18-2)9-15(11)16(20)19-13-5-3-4-12(8-13)10-17/h3-9,18H,1-2H3,(H,19,20). The van der Waals surface area contributed by atoms with Crippen LogP contribution in [0.5, 0.6) is 0 Å². The van der Waals surface area contributed by atoms with Gasteiger partial charge in [-0.2, -0.15) is 5.26 Å². The molecule has 0 aliphatic carbocycles. The molecule has 0 aliphatic heterocycles. The third-order valence-corrected chi connectivity index (χ3v) is 4.69. The zero-order chi connectivity index (χ0) is 17.0. The van der Waals surface area contributed by atoms with Crippen LogP contribution in [-0.4, -0.2) is 21.4 Å². The summed E-state index contributed by atoms with van der Waals surface area (Å²) in [7, 11) is -2.32. The molecule has 0 radical (unpaired) electrons. The first-order valence-electron chi connectivity index (χ1n) is 6.73. The fraction of sp³-hybridized carbons (Fsp3) is 0.125. The molecule has 23 heavy (non-hydrogen) atoms. The average Bonchev–Trinajstić information content (AvgIpc) is 2.55. The molecule has 7 heteroatoms. The van der Waals surface area contributed by atoms with Gasteiger partial charge in [0.05, 0.1) is 16.5 Å². The third kappa shape index (κ3) is 3.74. The van der Waals surface area contributed by atoms with Gasteiger partial charge in [-0.15, -0.1) is 0 Å². The Labute approximate surface area is 134 Å². The lowest BCUT2D eigenvalue weighted by Crippen LogP contribution is -2.20. The maximum absolute atomic E-state index is 12.4. The highest BCUT2D eigenvalue weighted by Crippen LogP contribution is 2.18. The summed E-state index contributed by atoms with van der Waals surface area (Å²) >= 11 is 0. The van der Waals surface area contributed by atoms with Gasteiger partial charge in [0, 0.05) is 11.3 Å². The quantitative estimate of drug-likeness (QED) is 0.896. The van der Waals surface area contributed by atoms with E-state index in [0.29, 0.717) is 16.8 Å². The number of carbonyl (C=O) groups excluding carboxylic acids is 1. The number of nitriles is 1. The van der Waals surface area contributed by atoms with Gasteiger partial charge in [0.15, 0.2) is 0 Å². The minimum Gasteiger partial charge on any atom is -0.322 e. The monoisotopic (exact) mass is 329 g/mol. The number of anilines is 1. The summed E-state index contributed by atoms with van der Waals surface area (Å²) in [6, 6.07) is 12.8. The van der Waals surface area contributed by atoms with Crippen molar-refractivity contribution in [3.05, 3.63) is 59.2 Å². The second kappa shape index (κ2) is 6.60. The number of amides is 1. The molecule has 0 aromatic heterocycles. The van der Waals surface area contributed by atoms with E-state index >= 15 is 0 Å². The van der Waals surface area contributed by atoms with E-state index < -0.39 is 15.9 Å². The fourth-order valence-electron chi connectivity index (χ4n) is 2.00. The Morgan fingerprint density at radius 1 is 1.17 bits per heavy atom. The van der Waals surface area contributed by atoms with Crippen molar-refractivity contribution in [2.24, 2.45) is 0 Å². The van der Waals surface area contributed by atoms with Crippen LogP contribution in [0.15, 0.2) is 47.4 Å². The molecule has 2 N–H and O–H groups in total. The SMILES string of the molecule is CNS(=O)(=O)c1ccc(C)c(C(=O)Nc2cccc(C#N)c2)c1. The van der Waals surface area contributed by atoms with Gasteiger partial charge in [0.2, 0.25) is 10.0 Å². The van der Waals surface area contributed by atoms with Gasteiger partial charge in [-0.05, 0) is 49.9 Å². The third-order valence-electron chi connectivity index (χ3n) is 3.28. The highest BCUT2D eigenvalue weighted by molar-refractivity contribution is 7.89. The number of rotatable bonds is 4. The molecule has 0 saturated heterocycles. The predicted octanol–water partition coefficient (Wildman–Crippen LogP) is 2.03. The van der Waals surface area contributed by atoms with Crippen LogP contribution in [0.1, 0.15) is 21.5 Å². The molecular formula is C16H15N3O3S. The molecule has 0 spiro atoms. The Bertz CT molecular complexity index is 899. The molecule has 6 nitrogen and oxygen atoms in total. The Kier molecular flexibility index (Phi) is 4.79. The van der Waals surface area contributed by atoms with E-state index in [1.807, 2.05) is 6.07 Å². The van der Waals surface area contributed by atoms with Crippen LogP contribution in [0.3, 0.4) is 0 Å². The number of hydrogen-bond acceptors (Lipinski definition) is 4. The molecular weight excluding hydrogens is 314 g/mol. The maximum atomic E-state index is 12.4. The number of sulfonamides is 1. The second-order valence-corrected chi connectivity index (χ2v) is 6.72. The van der Waals surface area contributed by atoms with Crippen LogP contribution in [0.2, 0.25) is 0 Å². The normalized spacial score (nSPS) is 10.8.